The summed E-state index contributed by atoms with van der Waals surface area (Å²) < 4.78 is 65.8. The molecule has 2 aliphatic heterocycles. The van der Waals surface area contributed by atoms with Gasteiger partial charge in [0.05, 0.1) is 5.56 Å². The molecule has 5 rings (SSSR count). The second kappa shape index (κ2) is 8.53. The van der Waals surface area contributed by atoms with Gasteiger partial charge >= 0.3 is 6.18 Å². The topological polar surface area (TPSA) is 138 Å². The van der Waals surface area contributed by atoms with Crippen molar-refractivity contribution in [1.29, 1.82) is 0 Å². The molecule has 0 bridgehead atoms. The minimum atomic E-state index is -4.90. The second-order valence-electron chi connectivity index (χ2n) is 9.08. The molecule has 184 valence electrons. The van der Waals surface area contributed by atoms with Gasteiger partial charge in [0.2, 0.25) is 10.0 Å². The Labute approximate surface area is 195 Å². The van der Waals surface area contributed by atoms with Crippen LogP contribution in [0.2, 0.25) is 0 Å². The number of rotatable bonds is 5. The SMILES string of the molecule is NC1CC(N2CC(c3ccc(-c4ccc(C(F)(F)F)c(S(N)(=O)=O)c4C4NNNN4)cc3)C2)C1. The van der Waals surface area contributed by atoms with Gasteiger partial charge in [-0.15, -0.1) is 0 Å². The largest absolute Gasteiger partial charge is 0.417 e. The fourth-order valence-corrected chi connectivity index (χ4v) is 5.97. The lowest BCUT2D eigenvalue weighted by atomic mass is 9.81. The number of nitrogens with zero attached hydrogens (tertiary/aromatic N) is 1. The monoisotopic (exact) mass is 497 g/mol. The molecule has 1 aliphatic carbocycles. The highest BCUT2D eigenvalue weighted by Gasteiger charge is 2.41. The van der Waals surface area contributed by atoms with Gasteiger partial charge < -0.3 is 5.73 Å². The number of likely N-dealkylation sites (tertiary alicyclic amines) is 1. The zero-order chi connectivity index (χ0) is 24.3. The highest BCUT2D eigenvalue weighted by molar-refractivity contribution is 7.89. The highest BCUT2D eigenvalue weighted by Crippen LogP contribution is 2.42. The molecule has 3 aliphatic rings. The maximum atomic E-state index is 13.7. The van der Waals surface area contributed by atoms with E-state index in [1.807, 2.05) is 12.1 Å². The fraction of sp³-hybridized carbons (Fsp3) is 0.429. The van der Waals surface area contributed by atoms with E-state index < -0.39 is 32.8 Å². The molecular weight excluding hydrogens is 471 g/mol. The van der Waals surface area contributed by atoms with Crippen LogP contribution in [0.1, 0.15) is 41.6 Å². The Morgan fingerprint density at radius 2 is 1.59 bits per heavy atom. The summed E-state index contributed by atoms with van der Waals surface area (Å²) in [6, 6.07) is 10.4. The van der Waals surface area contributed by atoms with Gasteiger partial charge in [-0.05, 0) is 35.6 Å². The van der Waals surface area contributed by atoms with E-state index in [0.29, 0.717) is 29.1 Å². The van der Waals surface area contributed by atoms with Crippen LogP contribution in [-0.2, 0) is 16.2 Å². The Morgan fingerprint density at radius 3 is 2.12 bits per heavy atom. The van der Waals surface area contributed by atoms with Gasteiger partial charge in [-0.3, -0.25) is 4.90 Å². The van der Waals surface area contributed by atoms with E-state index in [-0.39, 0.29) is 5.56 Å². The molecule has 0 spiro atoms. The lowest BCUT2D eigenvalue weighted by Crippen LogP contribution is -2.58. The van der Waals surface area contributed by atoms with Gasteiger partial charge in [0.1, 0.15) is 11.1 Å². The molecule has 0 aromatic heterocycles. The molecule has 9 nitrogen and oxygen atoms in total. The first-order chi connectivity index (χ1) is 16.0. The molecule has 8 N–H and O–H groups in total. The molecule has 2 aromatic carbocycles. The van der Waals surface area contributed by atoms with Crippen molar-refractivity contribution in [3.05, 3.63) is 53.1 Å². The number of hydrazine groups is 3. The summed E-state index contributed by atoms with van der Waals surface area (Å²) in [5.41, 5.74) is 16.8. The van der Waals surface area contributed by atoms with E-state index in [4.69, 9.17) is 10.9 Å². The van der Waals surface area contributed by atoms with Crippen LogP contribution in [0.4, 0.5) is 13.2 Å². The molecule has 2 aromatic rings. The quantitative estimate of drug-likeness (QED) is 0.360. The molecule has 2 heterocycles. The van der Waals surface area contributed by atoms with E-state index in [0.717, 1.165) is 37.6 Å². The molecular formula is C21H26F3N7O2S. The summed E-state index contributed by atoms with van der Waals surface area (Å²) >= 11 is 0. The number of hydrogen-bond donors (Lipinski definition) is 6. The summed E-state index contributed by atoms with van der Waals surface area (Å²) in [5.74, 6) is 0.379. The van der Waals surface area contributed by atoms with Gasteiger partial charge in [-0.1, -0.05) is 30.3 Å². The minimum Gasteiger partial charge on any atom is -0.328 e. The molecule has 0 amide bonds. The fourth-order valence-electron chi connectivity index (χ4n) is 4.95. The van der Waals surface area contributed by atoms with Gasteiger partial charge in [0, 0.05) is 36.7 Å². The number of sulfonamides is 1. The number of primary sulfonamides is 1. The van der Waals surface area contributed by atoms with Crippen molar-refractivity contribution >= 4 is 10.0 Å². The Morgan fingerprint density at radius 1 is 0.971 bits per heavy atom. The summed E-state index contributed by atoms with van der Waals surface area (Å²) in [4.78, 5) is 1.46. The normalized spacial score (nSPS) is 24.7. The smallest absolute Gasteiger partial charge is 0.328 e. The van der Waals surface area contributed by atoms with Crippen LogP contribution in [-0.4, -0.2) is 38.5 Å². The Kier molecular flexibility index (Phi) is 5.93. The number of nitrogens with one attached hydrogen (secondary N) is 4. The number of hydrogen-bond acceptors (Lipinski definition) is 8. The first-order valence-corrected chi connectivity index (χ1v) is 12.4. The summed E-state index contributed by atoms with van der Waals surface area (Å²) in [7, 11) is -4.72. The van der Waals surface area contributed by atoms with Crippen molar-refractivity contribution < 1.29 is 21.6 Å². The van der Waals surface area contributed by atoms with Crippen LogP contribution in [0.5, 0.6) is 0 Å². The first-order valence-electron chi connectivity index (χ1n) is 10.9. The summed E-state index contributed by atoms with van der Waals surface area (Å²) in [5, 5.41) is 5.28. The Balaban J connectivity index is 1.48. The average Bonchev–Trinajstić information content (AvgIpc) is 3.24. The molecule has 0 atom stereocenters. The van der Waals surface area contributed by atoms with Crippen LogP contribution in [0.25, 0.3) is 11.1 Å². The van der Waals surface area contributed by atoms with E-state index in [1.165, 1.54) is 6.07 Å². The summed E-state index contributed by atoms with van der Waals surface area (Å²) in [6.07, 6.45) is -3.83. The number of halogens is 3. The van der Waals surface area contributed by atoms with Gasteiger partial charge in [-0.2, -0.15) is 24.2 Å². The Hall–Kier alpha value is -2.10. The Bertz CT molecular complexity index is 1170. The van der Waals surface area contributed by atoms with E-state index in [1.54, 1.807) is 12.1 Å². The standard InChI is InChI=1S/C21H26F3N7O2S/c22-21(23,24)17-6-5-16(18(19(17)34(26,32)33)20-27-29-30-28-20)12-3-1-11(2-4-12)13-9-31(10-13)15-7-14(25)8-15/h1-6,13-15,20,27-30H,7-10,25H2,(H2,26,32,33). The first kappa shape index (κ1) is 23.6. The average molecular weight is 498 g/mol. The zero-order valence-corrected chi connectivity index (χ0v) is 18.9. The van der Waals surface area contributed by atoms with Crippen LogP contribution in [0.15, 0.2) is 41.3 Å². The number of alkyl halides is 3. The third-order valence-corrected chi connectivity index (χ3v) is 7.85. The maximum Gasteiger partial charge on any atom is 0.417 e. The maximum absolute atomic E-state index is 13.7. The van der Waals surface area contributed by atoms with E-state index in [2.05, 4.69) is 26.8 Å². The molecule has 0 radical (unpaired) electrons. The lowest BCUT2D eigenvalue weighted by Gasteiger charge is -2.50. The number of benzene rings is 2. The number of nitrogens with two attached hydrogens (primary N) is 2. The zero-order valence-electron chi connectivity index (χ0n) is 18.1. The molecule has 0 unspecified atom stereocenters. The lowest BCUT2D eigenvalue weighted by molar-refractivity contribution is -0.140. The van der Waals surface area contributed by atoms with Crippen molar-refractivity contribution in [2.45, 2.75) is 48.1 Å². The van der Waals surface area contributed by atoms with Gasteiger partial charge in [0.25, 0.3) is 0 Å². The van der Waals surface area contributed by atoms with Crippen molar-refractivity contribution in [2.75, 3.05) is 13.1 Å². The third kappa shape index (κ3) is 4.33. The highest BCUT2D eigenvalue weighted by atomic mass is 32.2. The van der Waals surface area contributed by atoms with E-state index >= 15 is 0 Å². The van der Waals surface area contributed by atoms with Crippen LogP contribution < -0.4 is 32.8 Å². The third-order valence-electron chi connectivity index (χ3n) is 6.84. The molecule has 34 heavy (non-hydrogen) atoms. The second-order valence-corrected chi connectivity index (χ2v) is 10.6. The molecule has 3 fully saturated rings. The minimum absolute atomic E-state index is 0.126. The molecule has 13 heteroatoms. The molecule has 1 saturated carbocycles. The van der Waals surface area contributed by atoms with Crippen molar-refractivity contribution in [3.8, 4) is 11.1 Å². The van der Waals surface area contributed by atoms with Crippen LogP contribution in [0.3, 0.4) is 0 Å². The van der Waals surface area contributed by atoms with Crippen LogP contribution >= 0.6 is 0 Å². The van der Waals surface area contributed by atoms with Crippen molar-refractivity contribution in [2.24, 2.45) is 10.9 Å². The van der Waals surface area contributed by atoms with Gasteiger partial charge in [0.15, 0.2) is 0 Å². The predicted octanol–water partition coefficient (Wildman–Crippen LogP) is 1.02. The molecule has 2 saturated heterocycles. The van der Waals surface area contributed by atoms with Crippen LogP contribution in [0, 0.1) is 0 Å². The van der Waals surface area contributed by atoms with Crippen molar-refractivity contribution in [1.82, 2.24) is 26.8 Å². The summed E-state index contributed by atoms with van der Waals surface area (Å²) in [6.45, 7) is 1.90. The van der Waals surface area contributed by atoms with Gasteiger partial charge in [-0.25, -0.2) is 24.4 Å². The predicted molar refractivity (Wildman–Crippen MR) is 119 cm³/mol. The van der Waals surface area contributed by atoms with Crippen molar-refractivity contribution in [3.63, 3.8) is 0 Å². The van der Waals surface area contributed by atoms with E-state index in [9.17, 15) is 21.6 Å².